The van der Waals surface area contributed by atoms with E-state index >= 15 is 0 Å². The summed E-state index contributed by atoms with van der Waals surface area (Å²) in [5.41, 5.74) is 0. The first-order chi connectivity index (χ1) is 6.86. The monoisotopic (exact) mass is 194 g/mol. The van der Waals surface area contributed by atoms with Crippen molar-refractivity contribution in [2.75, 3.05) is 19.6 Å². The molecule has 0 aliphatic carbocycles. The van der Waals surface area contributed by atoms with Gasteiger partial charge in [-0.2, -0.15) is 5.26 Å². The van der Waals surface area contributed by atoms with Crippen LogP contribution in [0.15, 0.2) is 0 Å². The third-order valence-corrected chi connectivity index (χ3v) is 3.19. The Morgan fingerprint density at radius 1 is 1.43 bits per heavy atom. The van der Waals surface area contributed by atoms with E-state index in [0.29, 0.717) is 0 Å². The van der Waals surface area contributed by atoms with Crippen LogP contribution in [-0.4, -0.2) is 24.5 Å². The zero-order valence-electron chi connectivity index (χ0n) is 9.34. The largest absolute Gasteiger partial charge is 0.303 e. The summed E-state index contributed by atoms with van der Waals surface area (Å²) in [5.74, 6) is 0.930. The Balaban J connectivity index is 2.08. The Bertz CT molecular complexity index is 183. The SMILES string of the molecule is CCC1CCCN(CCCCC#N)C1. The number of likely N-dealkylation sites (tertiary alicyclic amines) is 1. The normalized spacial score (nSPS) is 23.3. The highest BCUT2D eigenvalue weighted by Crippen LogP contribution is 2.19. The van der Waals surface area contributed by atoms with E-state index in [1.54, 1.807) is 0 Å². The lowest BCUT2D eigenvalue weighted by Crippen LogP contribution is -2.35. The van der Waals surface area contributed by atoms with Crippen LogP contribution in [0.5, 0.6) is 0 Å². The van der Waals surface area contributed by atoms with Gasteiger partial charge in [-0.1, -0.05) is 13.3 Å². The summed E-state index contributed by atoms with van der Waals surface area (Å²) in [6, 6.07) is 2.21. The van der Waals surface area contributed by atoms with Gasteiger partial charge in [0.1, 0.15) is 0 Å². The molecule has 14 heavy (non-hydrogen) atoms. The molecule has 1 rings (SSSR count). The highest BCUT2D eigenvalue weighted by atomic mass is 15.1. The van der Waals surface area contributed by atoms with Crippen LogP contribution < -0.4 is 0 Å². The maximum Gasteiger partial charge on any atom is 0.0621 e. The lowest BCUT2D eigenvalue weighted by molar-refractivity contribution is 0.169. The second-order valence-electron chi connectivity index (χ2n) is 4.33. The summed E-state index contributed by atoms with van der Waals surface area (Å²) in [7, 11) is 0. The minimum atomic E-state index is 0.727. The molecular weight excluding hydrogens is 172 g/mol. The van der Waals surface area contributed by atoms with Gasteiger partial charge in [-0.15, -0.1) is 0 Å². The molecule has 0 aromatic carbocycles. The molecule has 0 bridgehead atoms. The van der Waals surface area contributed by atoms with E-state index in [0.717, 1.165) is 18.8 Å². The summed E-state index contributed by atoms with van der Waals surface area (Å²) in [6.45, 7) is 6.08. The molecule has 1 atom stereocenters. The third-order valence-electron chi connectivity index (χ3n) is 3.19. The number of hydrogen-bond donors (Lipinski definition) is 0. The van der Waals surface area contributed by atoms with Gasteiger partial charge in [0.05, 0.1) is 6.07 Å². The van der Waals surface area contributed by atoms with Gasteiger partial charge in [0.15, 0.2) is 0 Å². The fourth-order valence-corrected chi connectivity index (χ4v) is 2.23. The number of rotatable bonds is 5. The Hall–Kier alpha value is -0.550. The molecule has 1 fully saturated rings. The van der Waals surface area contributed by atoms with Crippen molar-refractivity contribution >= 4 is 0 Å². The molecule has 0 radical (unpaired) electrons. The minimum Gasteiger partial charge on any atom is -0.303 e. The van der Waals surface area contributed by atoms with Crippen molar-refractivity contribution in [1.29, 1.82) is 5.26 Å². The van der Waals surface area contributed by atoms with Crippen molar-refractivity contribution < 1.29 is 0 Å². The molecule has 0 aromatic rings. The van der Waals surface area contributed by atoms with Gasteiger partial charge in [0.2, 0.25) is 0 Å². The number of piperidine rings is 1. The molecule has 2 nitrogen and oxygen atoms in total. The molecule has 1 heterocycles. The lowest BCUT2D eigenvalue weighted by Gasteiger charge is -2.32. The minimum absolute atomic E-state index is 0.727. The molecule has 2 heteroatoms. The predicted octanol–water partition coefficient (Wildman–Crippen LogP) is 2.80. The van der Waals surface area contributed by atoms with Gasteiger partial charge in [-0.05, 0) is 44.7 Å². The Labute approximate surface area is 87.9 Å². The third kappa shape index (κ3) is 4.11. The first-order valence-electron chi connectivity index (χ1n) is 5.96. The van der Waals surface area contributed by atoms with Crippen LogP contribution >= 0.6 is 0 Å². The van der Waals surface area contributed by atoms with E-state index in [1.807, 2.05) is 0 Å². The van der Waals surface area contributed by atoms with E-state index in [-0.39, 0.29) is 0 Å². The molecule has 1 aliphatic rings. The van der Waals surface area contributed by atoms with E-state index in [9.17, 15) is 0 Å². The summed E-state index contributed by atoms with van der Waals surface area (Å²) in [4.78, 5) is 2.58. The summed E-state index contributed by atoms with van der Waals surface area (Å²) in [5, 5.41) is 8.42. The number of unbranched alkanes of at least 4 members (excludes halogenated alkanes) is 2. The fraction of sp³-hybridized carbons (Fsp3) is 0.917. The van der Waals surface area contributed by atoms with E-state index in [2.05, 4.69) is 17.9 Å². The summed E-state index contributed by atoms with van der Waals surface area (Å²) in [6.07, 6.45) is 7.12. The lowest BCUT2D eigenvalue weighted by atomic mass is 9.95. The molecular formula is C12H22N2. The van der Waals surface area contributed by atoms with Gasteiger partial charge >= 0.3 is 0 Å². The van der Waals surface area contributed by atoms with Crippen molar-refractivity contribution in [3.8, 4) is 6.07 Å². The van der Waals surface area contributed by atoms with Crippen LogP contribution in [0.2, 0.25) is 0 Å². The maximum absolute atomic E-state index is 8.42. The highest BCUT2D eigenvalue weighted by Gasteiger charge is 2.17. The fourth-order valence-electron chi connectivity index (χ4n) is 2.23. The number of nitrogens with zero attached hydrogens (tertiary/aromatic N) is 2. The highest BCUT2D eigenvalue weighted by molar-refractivity contribution is 4.73. The van der Waals surface area contributed by atoms with Crippen LogP contribution in [0.3, 0.4) is 0 Å². The molecule has 1 unspecified atom stereocenters. The molecule has 0 spiro atoms. The Morgan fingerprint density at radius 2 is 2.29 bits per heavy atom. The van der Waals surface area contributed by atoms with E-state index in [1.165, 1.54) is 45.3 Å². The average Bonchev–Trinajstić information content (AvgIpc) is 2.25. The van der Waals surface area contributed by atoms with Crippen molar-refractivity contribution in [1.82, 2.24) is 4.90 Å². The second kappa shape index (κ2) is 6.84. The van der Waals surface area contributed by atoms with Gasteiger partial charge in [0.25, 0.3) is 0 Å². The predicted molar refractivity (Wildman–Crippen MR) is 58.9 cm³/mol. The van der Waals surface area contributed by atoms with Crippen molar-refractivity contribution in [3.63, 3.8) is 0 Å². The number of hydrogen-bond acceptors (Lipinski definition) is 2. The molecule has 80 valence electrons. The van der Waals surface area contributed by atoms with Crippen LogP contribution in [0, 0.1) is 17.2 Å². The molecule has 0 saturated carbocycles. The zero-order chi connectivity index (χ0) is 10.2. The van der Waals surface area contributed by atoms with Crippen LogP contribution in [0.25, 0.3) is 0 Å². The van der Waals surface area contributed by atoms with Crippen molar-refractivity contribution in [2.24, 2.45) is 5.92 Å². The topological polar surface area (TPSA) is 27.0 Å². The van der Waals surface area contributed by atoms with Gasteiger partial charge in [-0.3, -0.25) is 0 Å². The molecule has 0 amide bonds. The molecule has 1 aliphatic heterocycles. The van der Waals surface area contributed by atoms with Crippen molar-refractivity contribution in [2.45, 2.75) is 45.4 Å². The quantitative estimate of drug-likeness (QED) is 0.629. The van der Waals surface area contributed by atoms with E-state index in [4.69, 9.17) is 5.26 Å². The Kier molecular flexibility index (Phi) is 5.63. The average molecular weight is 194 g/mol. The summed E-state index contributed by atoms with van der Waals surface area (Å²) >= 11 is 0. The smallest absolute Gasteiger partial charge is 0.0621 e. The number of nitriles is 1. The van der Waals surface area contributed by atoms with Gasteiger partial charge in [0, 0.05) is 13.0 Å². The molecule has 0 N–H and O–H groups in total. The molecule has 1 saturated heterocycles. The van der Waals surface area contributed by atoms with Crippen molar-refractivity contribution in [3.05, 3.63) is 0 Å². The summed E-state index contributed by atoms with van der Waals surface area (Å²) < 4.78 is 0. The van der Waals surface area contributed by atoms with Crippen LogP contribution in [0.4, 0.5) is 0 Å². The zero-order valence-corrected chi connectivity index (χ0v) is 9.34. The van der Waals surface area contributed by atoms with Gasteiger partial charge in [-0.25, -0.2) is 0 Å². The maximum atomic E-state index is 8.42. The second-order valence-corrected chi connectivity index (χ2v) is 4.33. The molecule has 0 aromatic heterocycles. The first-order valence-corrected chi connectivity index (χ1v) is 5.96. The van der Waals surface area contributed by atoms with Crippen LogP contribution in [-0.2, 0) is 0 Å². The van der Waals surface area contributed by atoms with E-state index < -0.39 is 0 Å². The standard InChI is InChI=1S/C12H22N2/c1-2-12-7-6-10-14(11-12)9-5-3-4-8-13/h12H,2-7,9-11H2,1H3. The van der Waals surface area contributed by atoms with Crippen LogP contribution in [0.1, 0.15) is 45.4 Å². The van der Waals surface area contributed by atoms with Gasteiger partial charge < -0.3 is 4.90 Å². The Morgan fingerprint density at radius 3 is 3.00 bits per heavy atom. The first kappa shape index (κ1) is 11.5.